The van der Waals surface area contributed by atoms with Crippen LogP contribution in [0.5, 0.6) is 0 Å². The average Bonchev–Trinajstić information content (AvgIpc) is 2.40. The van der Waals surface area contributed by atoms with Crippen LogP contribution in [-0.2, 0) is 17.4 Å². The van der Waals surface area contributed by atoms with Crippen LogP contribution >= 0.6 is 11.6 Å². The van der Waals surface area contributed by atoms with Crippen molar-refractivity contribution in [3.8, 4) is 0 Å². The lowest BCUT2D eigenvalue weighted by Gasteiger charge is -2.38. The number of piperidine rings is 1. The van der Waals surface area contributed by atoms with E-state index in [1.807, 2.05) is 12.1 Å². The van der Waals surface area contributed by atoms with Crippen LogP contribution in [0.1, 0.15) is 45.6 Å². The molecule has 1 fully saturated rings. The Morgan fingerprint density at radius 3 is 2.50 bits per heavy atom. The highest BCUT2D eigenvalue weighted by Gasteiger charge is 2.33. The summed E-state index contributed by atoms with van der Waals surface area (Å²) in [4.78, 5) is 0. The maximum atomic E-state index is 12.7. The molecule has 0 aliphatic carbocycles. The van der Waals surface area contributed by atoms with Gasteiger partial charge in [0.2, 0.25) is 0 Å². The van der Waals surface area contributed by atoms with E-state index < -0.39 is 11.0 Å². The quantitative estimate of drug-likeness (QED) is 0.819. The third-order valence-electron chi connectivity index (χ3n) is 3.69. The molecule has 0 radical (unpaired) electrons. The van der Waals surface area contributed by atoms with Crippen LogP contribution in [0.3, 0.4) is 0 Å². The van der Waals surface area contributed by atoms with Gasteiger partial charge in [0.15, 0.2) is 0 Å². The Hall–Kier alpha value is -0.380. The number of nitrogens with zero attached hydrogens (tertiary/aromatic N) is 1. The van der Waals surface area contributed by atoms with Gasteiger partial charge in [-0.1, -0.05) is 30.2 Å². The first-order chi connectivity index (χ1) is 9.38. The van der Waals surface area contributed by atoms with E-state index in [4.69, 9.17) is 11.6 Å². The number of hydrogen-bond donors (Lipinski definition) is 0. The Labute approximate surface area is 130 Å². The molecule has 20 heavy (non-hydrogen) atoms. The molecule has 0 aromatic heterocycles. The van der Waals surface area contributed by atoms with E-state index in [-0.39, 0.29) is 4.75 Å². The number of halogens is 1. The van der Waals surface area contributed by atoms with Crippen molar-refractivity contribution >= 4 is 22.6 Å². The Kier molecular flexibility index (Phi) is 5.27. The van der Waals surface area contributed by atoms with Crippen molar-refractivity contribution < 1.29 is 4.21 Å². The molecule has 1 aromatic carbocycles. The topological polar surface area (TPSA) is 20.3 Å². The normalized spacial score (nSPS) is 22.7. The maximum Gasteiger partial charge on any atom is 0.1000 e. The number of hydrogen-bond acceptors (Lipinski definition) is 1. The van der Waals surface area contributed by atoms with Crippen LogP contribution in [-0.4, -0.2) is 25.8 Å². The fourth-order valence-corrected chi connectivity index (χ4v) is 4.22. The first kappa shape index (κ1) is 16.0. The predicted molar refractivity (Wildman–Crippen MR) is 87.4 cm³/mol. The second kappa shape index (κ2) is 6.59. The van der Waals surface area contributed by atoms with Crippen LogP contribution in [0.2, 0.25) is 5.02 Å². The Balaban J connectivity index is 2.11. The van der Waals surface area contributed by atoms with Gasteiger partial charge in [-0.3, -0.25) is 0 Å². The molecule has 0 amide bonds. The van der Waals surface area contributed by atoms with Gasteiger partial charge >= 0.3 is 0 Å². The molecular formula is C16H24ClNOS. The molecule has 2 nitrogen and oxygen atoms in total. The zero-order valence-electron chi connectivity index (χ0n) is 12.6. The molecule has 1 aliphatic heterocycles. The molecular weight excluding hydrogens is 290 g/mol. The summed E-state index contributed by atoms with van der Waals surface area (Å²) in [5.41, 5.74) is 1.28. The molecule has 1 saturated heterocycles. The van der Waals surface area contributed by atoms with Crippen LogP contribution in [0.25, 0.3) is 0 Å². The molecule has 2 rings (SSSR count). The third kappa shape index (κ3) is 4.06. The van der Waals surface area contributed by atoms with Gasteiger partial charge in [-0.2, -0.15) is 0 Å². The highest BCUT2D eigenvalue weighted by Crippen LogP contribution is 2.27. The molecule has 0 saturated carbocycles. The van der Waals surface area contributed by atoms with Crippen molar-refractivity contribution in [1.29, 1.82) is 0 Å². The highest BCUT2D eigenvalue weighted by molar-refractivity contribution is 7.84. The summed E-state index contributed by atoms with van der Waals surface area (Å²) >= 11 is 5.93. The molecule has 0 bridgehead atoms. The molecule has 2 atom stereocenters. The van der Waals surface area contributed by atoms with E-state index in [1.54, 1.807) is 0 Å². The van der Waals surface area contributed by atoms with Crippen LogP contribution < -0.4 is 0 Å². The standard InChI is InChI=1S/C16H24ClNOS/c1-16(2,3)20(19)18-11-5-4-6-15(18)12-13-7-9-14(17)10-8-13/h7-10,15H,4-6,11-12H2,1-3H3. The van der Waals surface area contributed by atoms with Gasteiger partial charge in [0.25, 0.3) is 0 Å². The lowest BCUT2D eigenvalue weighted by Crippen LogP contribution is -2.47. The minimum atomic E-state index is -0.925. The van der Waals surface area contributed by atoms with Gasteiger partial charge in [-0.15, -0.1) is 0 Å². The summed E-state index contributed by atoms with van der Waals surface area (Å²) in [6, 6.07) is 8.41. The summed E-state index contributed by atoms with van der Waals surface area (Å²) in [6.07, 6.45) is 4.47. The van der Waals surface area contributed by atoms with Gasteiger partial charge in [0, 0.05) is 17.6 Å². The van der Waals surface area contributed by atoms with Gasteiger partial charge in [-0.25, -0.2) is 8.51 Å². The SMILES string of the molecule is CC(C)(C)S(=O)N1CCCCC1Cc1ccc(Cl)cc1. The van der Waals surface area contributed by atoms with E-state index in [0.29, 0.717) is 6.04 Å². The second-order valence-corrected chi connectivity index (χ2v) is 9.11. The van der Waals surface area contributed by atoms with Crippen molar-refractivity contribution in [3.63, 3.8) is 0 Å². The largest absolute Gasteiger partial charge is 0.242 e. The third-order valence-corrected chi connectivity index (χ3v) is 5.90. The number of benzene rings is 1. The fraction of sp³-hybridized carbons (Fsp3) is 0.625. The van der Waals surface area contributed by atoms with Crippen molar-refractivity contribution in [2.75, 3.05) is 6.54 Å². The average molecular weight is 314 g/mol. The number of rotatable bonds is 3. The van der Waals surface area contributed by atoms with E-state index in [0.717, 1.165) is 30.8 Å². The van der Waals surface area contributed by atoms with E-state index >= 15 is 0 Å². The van der Waals surface area contributed by atoms with Gasteiger partial charge in [0.05, 0.1) is 15.7 Å². The smallest absolute Gasteiger partial charge is 0.1000 e. The molecule has 1 aromatic rings. The minimum Gasteiger partial charge on any atom is -0.242 e. The molecule has 112 valence electrons. The lowest BCUT2D eigenvalue weighted by molar-refractivity contribution is 0.258. The molecule has 4 heteroatoms. The summed E-state index contributed by atoms with van der Waals surface area (Å²) in [6.45, 7) is 7.10. The van der Waals surface area contributed by atoms with Crippen molar-refractivity contribution in [3.05, 3.63) is 34.9 Å². The molecule has 2 unspecified atom stereocenters. The fourth-order valence-electron chi connectivity index (χ4n) is 2.64. The summed E-state index contributed by atoms with van der Waals surface area (Å²) in [7, 11) is -0.925. The first-order valence-electron chi connectivity index (χ1n) is 7.31. The molecule has 0 N–H and O–H groups in total. The minimum absolute atomic E-state index is 0.185. The molecule has 0 spiro atoms. The Bertz CT molecular complexity index is 466. The Morgan fingerprint density at radius 2 is 1.90 bits per heavy atom. The molecule has 1 heterocycles. The van der Waals surface area contributed by atoms with Crippen LogP contribution in [0, 0.1) is 0 Å². The van der Waals surface area contributed by atoms with Gasteiger partial charge < -0.3 is 0 Å². The lowest BCUT2D eigenvalue weighted by atomic mass is 9.98. The zero-order valence-corrected chi connectivity index (χ0v) is 14.1. The maximum absolute atomic E-state index is 12.7. The van der Waals surface area contributed by atoms with Gasteiger partial charge in [0.1, 0.15) is 0 Å². The zero-order chi connectivity index (χ0) is 14.8. The van der Waals surface area contributed by atoms with Crippen LogP contribution in [0.4, 0.5) is 0 Å². The van der Waals surface area contributed by atoms with Crippen LogP contribution in [0.15, 0.2) is 24.3 Å². The first-order valence-corrected chi connectivity index (χ1v) is 8.79. The highest BCUT2D eigenvalue weighted by atomic mass is 35.5. The Morgan fingerprint density at radius 1 is 1.25 bits per heavy atom. The monoisotopic (exact) mass is 313 g/mol. The van der Waals surface area contributed by atoms with E-state index in [2.05, 4.69) is 37.2 Å². The van der Waals surface area contributed by atoms with Crippen molar-refractivity contribution in [2.24, 2.45) is 0 Å². The summed E-state index contributed by atoms with van der Waals surface area (Å²) in [5.74, 6) is 0. The molecule has 1 aliphatic rings. The summed E-state index contributed by atoms with van der Waals surface area (Å²) in [5, 5.41) is 0.771. The predicted octanol–water partition coefficient (Wildman–Crippen LogP) is 4.20. The van der Waals surface area contributed by atoms with Gasteiger partial charge in [-0.05, 0) is 57.7 Å². The van der Waals surface area contributed by atoms with E-state index in [1.165, 1.54) is 12.0 Å². The van der Waals surface area contributed by atoms with Crippen molar-refractivity contribution in [1.82, 2.24) is 4.31 Å². The summed E-state index contributed by atoms with van der Waals surface area (Å²) < 4.78 is 14.7. The van der Waals surface area contributed by atoms with Crippen molar-refractivity contribution in [2.45, 2.75) is 57.2 Å². The second-order valence-electron chi connectivity index (χ2n) is 6.48. The van der Waals surface area contributed by atoms with E-state index in [9.17, 15) is 4.21 Å².